The van der Waals surface area contributed by atoms with E-state index in [4.69, 9.17) is 16.3 Å². The molecule has 0 saturated heterocycles. The maximum absolute atomic E-state index is 12.9. The quantitative estimate of drug-likeness (QED) is 0.761. The number of anilines is 2. The Morgan fingerprint density at radius 3 is 2.40 bits per heavy atom. The highest BCUT2D eigenvalue weighted by molar-refractivity contribution is 6.30. The average molecular weight is 372 g/mol. The van der Waals surface area contributed by atoms with E-state index < -0.39 is 12.6 Å². The fourth-order valence-electron chi connectivity index (χ4n) is 3.14. The molecule has 1 aromatic carbocycles. The van der Waals surface area contributed by atoms with Crippen LogP contribution in [0.1, 0.15) is 28.2 Å². The lowest BCUT2D eigenvalue weighted by molar-refractivity contribution is -0.128. The summed E-state index contributed by atoms with van der Waals surface area (Å²) in [6.07, 6.45) is -5.45. The van der Waals surface area contributed by atoms with E-state index in [1.807, 2.05) is 26.0 Å². The Kier molecular flexibility index (Phi) is 4.64. The van der Waals surface area contributed by atoms with Crippen LogP contribution in [0.15, 0.2) is 12.1 Å². The molecule has 8 heteroatoms. The monoisotopic (exact) mass is 371 g/mol. The molecule has 2 aromatic rings. The smallest absolute Gasteiger partial charge is 0.356 e. The van der Waals surface area contributed by atoms with Crippen LogP contribution < -0.4 is 4.90 Å². The van der Waals surface area contributed by atoms with Gasteiger partial charge in [0.25, 0.3) is 0 Å². The summed E-state index contributed by atoms with van der Waals surface area (Å²) in [6.45, 7) is 5.65. The van der Waals surface area contributed by atoms with Crippen LogP contribution in [0.2, 0.25) is 5.02 Å². The first-order valence-corrected chi connectivity index (χ1v) is 8.08. The number of aryl methyl sites for hydroxylation is 3. The zero-order valence-electron chi connectivity index (χ0n) is 14.0. The number of alkyl halides is 3. The standard InChI is InChI=1S/C17H17ClF3N3O/c1-9-4-12(18)5-10(2)15(9)24-8-25-7-13-14(6-17(19,20)21)22-11(3)23-16(13)24/h4-5H,6-8H2,1-3H3. The number of hydrogen-bond donors (Lipinski definition) is 0. The van der Waals surface area contributed by atoms with Gasteiger partial charge in [0.1, 0.15) is 18.4 Å². The van der Waals surface area contributed by atoms with E-state index in [1.165, 1.54) is 0 Å². The zero-order valence-corrected chi connectivity index (χ0v) is 14.8. The molecule has 0 amide bonds. The molecule has 1 aromatic heterocycles. The van der Waals surface area contributed by atoms with Crippen molar-refractivity contribution in [2.24, 2.45) is 0 Å². The van der Waals surface area contributed by atoms with Crippen LogP contribution in [-0.4, -0.2) is 22.9 Å². The molecule has 0 N–H and O–H groups in total. The summed E-state index contributed by atoms with van der Waals surface area (Å²) in [5, 5.41) is 0.605. The number of halogens is 4. The lowest BCUT2D eigenvalue weighted by atomic mass is 10.1. The van der Waals surface area contributed by atoms with Crippen molar-refractivity contribution in [1.82, 2.24) is 9.97 Å². The molecule has 1 aliphatic rings. The minimum absolute atomic E-state index is 0.0380. The molecular formula is C17H17ClF3N3O. The summed E-state index contributed by atoms with van der Waals surface area (Å²) >= 11 is 6.08. The summed E-state index contributed by atoms with van der Waals surface area (Å²) in [5.74, 6) is 0.765. The Balaban J connectivity index is 2.15. The van der Waals surface area contributed by atoms with Crippen LogP contribution in [-0.2, 0) is 17.8 Å². The van der Waals surface area contributed by atoms with Gasteiger partial charge in [-0.2, -0.15) is 13.2 Å². The van der Waals surface area contributed by atoms with Gasteiger partial charge in [-0.05, 0) is 44.0 Å². The third-order valence-corrected chi connectivity index (χ3v) is 4.22. The number of nitrogens with zero attached hydrogens (tertiary/aromatic N) is 3. The van der Waals surface area contributed by atoms with Gasteiger partial charge in [-0.1, -0.05) is 11.6 Å². The van der Waals surface area contributed by atoms with Crippen LogP contribution in [0.25, 0.3) is 0 Å². The highest BCUT2D eigenvalue weighted by Crippen LogP contribution is 2.38. The molecular weight excluding hydrogens is 355 g/mol. The van der Waals surface area contributed by atoms with E-state index in [-0.39, 0.29) is 19.0 Å². The molecule has 134 valence electrons. The van der Waals surface area contributed by atoms with Crippen LogP contribution in [0.4, 0.5) is 24.7 Å². The number of rotatable bonds is 2. The summed E-state index contributed by atoms with van der Waals surface area (Å²) in [7, 11) is 0. The van der Waals surface area contributed by atoms with E-state index in [2.05, 4.69) is 9.97 Å². The maximum Gasteiger partial charge on any atom is 0.394 e. The van der Waals surface area contributed by atoms with Crippen LogP contribution in [0, 0.1) is 20.8 Å². The van der Waals surface area contributed by atoms with Crippen LogP contribution in [0.5, 0.6) is 0 Å². The van der Waals surface area contributed by atoms with Crippen molar-refractivity contribution in [3.05, 3.63) is 45.4 Å². The molecule has 0 atom stereocenters. The van der Waals surface area contributed by atoms with E-state index in [0.29, 0.717) is 22.2 Å². The lowest BCUT2D eigenvalue weighted by Crippen LogP contribution is -2.31. The van der Waals surface area contributed by atoms with Crippen molar-refractivity contribution >= 4 is 23.1 Å². The number of ether oxygens (including phenoxy) is 1. The number of aromatic nitrogens is 2. The second-order valence-corrected chi connectivity index (χ2v) is 6.54. The van der Waals surface area contributed by atoms with Crippen LogP contribution >= 0.6 is 11.6 Å². The van der Waals surface area contributed by atoms with Crippen molar-refractivity contribution in [3.63, 3.8) is 0 Å². The lowest BCUT2D eigenvalue weighted by Gasteiger charge is -2.33. The van der Waals surface area contributed by atoms with Gasteiger partial charge in [-0.15, -0.1) is 0 Å². The maximum atomic E-state index is 12.9. The molecule has 25 heavy (non-hydrogen) atoms. The van der Waals surface area contributed by atoms with Gasteiger partial charge >= 0.3 is 6.18 Å². The second kappa shape index (κ2) is 6.46. The average Bonchev–Trinajstić information content (AvgIpc) is 2.45. The van der Waals surface area contributed by atoms with Gasteiger partial charge in [0.2, 0.25) is 0 Å². The largest absolute Gasteiger partial charge is 0.394 e. The fraction of sp³-hybridized carbons (Fsp3) is 0.412. The van der Waals surface area contributed by atoms with E-state index in [0.717, 1.165) is 16.8 Å². The van der Waals surface area contributed by atoms with Crippen molar-refractivity contribution in [2.75, 3.05) is 11.6 Å². The van der Waals surface area contributed by atoms with E-state index in [1.54, 1.807) is 11.8 Å². The third kappa shape index (κ3) is 3.72. The van der Waals surface area contributed by atoms with E-state index in [9.17, 15) is 13.2 Å². The predicted molar refractivity (Wildman–Crippen MR) is 89.2 cm³/mol. The van der Waals surface area contributed by atoms with Gasteiger partial charge in [-0.3, -0.25) is 0 Å². The Labute approximate surface area is 148 Å². The summed E-state index contributed by atoms with van der Waals surface area (Å²) in [4.78, 5) is 10.2. The first kappa shape index (κ1) is 17.9. The van der Waals surface area contributed by atoms with Gasteiger partial charge < -0.3 is 9.64 Å². The Hall–Kier alpha value is -1.86. The summed E-state index contributed by atoms with van der Waals surface area (Å²) in [5.41, 5.74) is 2.97. The van der Waals surface area contributed by atoms with Gasteiger partial charge in [-0.25, -0.2) is 9.97 Å². The third-order valence-electron chi connectivity index (χ3n) is 4.00. The normalized spacial score (nSPS) is 14.6. The number of fused-ring (bicyclic) bond motifs is 1. The fourth-order valence-corrected chi connectivity index (χ4v) is 3.47. The molecule has 0 saturated carbocycles. The first-order valence-electron chi connectivity index (χ1n) is 7.71. The zero-order chi connectivity index (χ0) is 18.4. The van der Waals surface area contributed by atoms with Crippen molar-refractivity contribution in [2.45, 2.75) is 40.0 Å². The second-order valence-electron chi connectivity index (χ2n) is 6.11. The van der Waals surface area contributed by atoms with Crippen molar-refractivity contribution < 1.29 is 17.9 Å². The van der Waals surface area contributed by atoms with Gasteiger partial charge in [0.05, 0.1) is 24.4 Å². The molecule has 4 nitrogen and oxygen atoms in total. The SMILES string of the molecule is Cc1nc(CC(F)(F)F)c2c(n1)N(c1c(C)cc(Cl)cc1C)COC2. The van der Waals surface area contributed by atoms with Gasteiger partial charge in [0.15, 0.2) is 0 Å². The summed E-state index contributed by atoms with van der Waals surface area (Å²) in [6, 6.07) is 3.62. The minimum atomic E-state index is -4.34. The summed E-state index contributed by atoms with van der Waals surface area (Å²) < 4.78 is 44.3. The Morgan fingerprint density at radius 2 is 1.80 bits per heavy atom. The molecule has 3 rings (SSSR count). The molecule has 0 aliphatic carbocycles. The highest BCUT2D eigenvalue weighted by Gasteiger charge is 2.33. The molecule has 0 unspecified atom stereocenters. The van der Waals surface area contributed by atoms with E-state index >= 15 is 0 Å². The number of hydrogen-bond acceptors (Lipinski definition) is 4. The number of benzene rings is 1. The van der Waals surface area contributed by atoms with Gasteiger partial charge in [0, 0.05) is 10.6 Å². The molecule has 2 heterocycles. The first-order chi connectivity index (χ1) is 11.7. The molecule has 0 fully saturated rings. The van der Waals surface area contributed by atoms with Crippen LogP contribution in [0.3, 0.4) is 0 Å². The predicted octanol–water partition coefficient (Wildman–Crippen LogP) is 4.79. The molecule has 1 aliphatic heterocycles. The van der Waals surface area contributed by atoms with Crippen molar-refractivity contribution in [1.29, 1.82) is 0 Å². The molecule has 0 spiro atoms. The minimum Gasteiger partial charge on any atom is -0.356 e. The topological polar surface area (TPSA) is 38.2 Å². The Morgan fingerprint density at radius 1 is 1.16 bits per heavy atom. The van der Waals surface area contributed by atoms with Crippen molar-refractivity contribution in [3.8, 4) is 0 Å². The molecule has 0 bridgehead atoms. The highest BCUT2D eigenvalue weighted by atomic mass is 35.5. The Bertz CT molecular complexity index is 801. The molecule has 0 radical (unpaired) electrons.